The summed E-state index contributed by atoms with van der Waals surface area (Å²) in [7, 11) is -4.60. The summed E-state index contributed by atoms with van der Waals surface area (Å²) in [6, 6.07) is 7.89. The van der Waals surface area contributed by atoms with Crippen LogP contribution in [0.1, 0.15) is 12.0 Å². The molecule has 1 fully saturated rings. The molecule has 9 nitrogen and oxygen atoms in total. The molecular formula is C27H22ClF5N6O3S. The highest BCUT2D eigenvalue weighted by Gasteiger charge is 2.26. The van der Waals surface area contributed by atoms with Crippen LogP contribution < -0.4 is 20.1 Å². The average molecular weight is 641 g/mol. The minimum absolute atomic E-state index is 0.0162. The summed E-state index contributed by atoms with van der Waals surface area (Å²) in [5, 5.41) is 6.00. The number of hydrogen-bond donors (Lipinski definition) is 3. The van der Waals surface area contributed by atoms with Crippen LogP contribution in [0.3, 0.4) is 0 Å². The maximum atomic E-state index is 15.1. The largest absolute Gasteiger partial charge is 0.435 e. The lowest BCUT2D eigenvalue weighted by Crippen LogP contribution is -2.44. The fourth-order valence-electron chi connectivity index (χ4n) is 4.31. The van der Waals surface area contributed by atoms with E-state index >= 15 is 4.39 Å². The number of aromatic nitrogens is 3. The first kappa shape index (κ1) is 30.4. The third-order valence-corrected chi connectivity index (χ3v) is 7.72. The highest BCUT2D eigenvalue weighted by Crippen LogP contribution is 2.36. The van der Waals surface area contributed by atoms with Crippen LogP contribution in [0.25, 0.3) is 11.3 Å². The van der Waals surface area contributed by atoms with Gasteiger partial charge in [-0.2, -0.15) is 4.39 Å². The number of halogens is 6. The van der Waals surface area contributed by atoms with Crippen molar-refractivity contribution in [2.45, 2.75) is 24.4 Å². The number of hydrogen-bond acceptors (Lipinski definition) is 8. The van der Waals surface area contributed by atoms with Crippen molar-refractivity contribution >= 4 is 33.3 Å². The Morgan fingerprint density at radius 3 is 2.58 bits per heavy atom. The molecule has 2 aromatic heterocycles. The van der Waals surface area contributed by atoms with E-state index in [1.165, 1.54) is 36.7 Å². The molecule has 2 atom stereocenters. The molecule has 4 aromatic rings. The number of nitrogens with one attached hydrogen (secondary N) is 3. The lowest BCUT2D eigenvalue weighted by molar-refractivity contribution is 0.254. The SMILES string of the molecule is O=S(=O)(Cc1ccc(Cl)cc1F)Nc1c(F)cc(Oc2ncccc2-c2ccnc(NC3CNC[C@@H](F)C3)n2)c(F)c1F. The Morgan fingerprint density at radius 2 is 1.81 bits per heavy atom. The summed E-state index contributed by atoms with van der Waals surface area (Å²) in [5.74, 6) is -8.12. The van der Waals surface area contributed by atoms with Gasteiger partial charge in [0.15, 0.2) is 17.4 Å². The zero-order valence-corrected chi connectivity index (χ0v) is 23.5. The highest BCUT2D eigenvalue weighted by atomic mass is 35.5. The minimum atomic E-state index is -4.60. The first-order chi connectivity index (χ1) is 20.5. The first-order valence-electron chi connectivity index (χ1n) is 12.7. The maximum absolute atomic E-state index is 15.1. The second kappa shape index (κ2) is 12.7. The molecule has 1 aliphatic heterocycles. The van der Waals surface area contributed by atoms with E-state index in [0.29, 0.717) is 12.6 Å². The number of ether oxygens (including phenoxy) is 1. The molecule has 0 aliphatic carbocycles. The highest BCUT2D eigenvalue weighted by molar-refractivity contribution is 7.91. The van der Waals surface area contributed by atoms with Gasteiger partial charge in [0.1, 0.15) is 17.7 Å². The van der Waals surface area contributed by atoms with Gasteiger partial charge in [0.05, 0.1) is 17.0 Å². The first-order valence-corrected chi connectivity index (χ1v) is 14.7. The molecule has 0 saturated carbocycles. The van der Waals surface area contributed by atoms with Crippen molar-refractivity contribution in [2.24, 2.45) is 0 Å². The normalized spacial score (nSPS) is 17.0. The van der Waals surface area contributed by atoms with E-state index in [1.54, 1.807) is 4.72 Å². The molecule has 0 bridgehead atoms. The summed E-state index contributed by atoms with van der Waals surface area (Å²) in [6.07, 6.45) is 1.93. The number of sulfonamides is 1. The third kappa shape index (κ3) is 7.29. The molecule has 1 unspecified atom stereocenters. The van der Waals surface area contributed by atoms with Gasteiger partial charge < -0.3 is 15.4 Å². The number of rotatable bonds is 9. The molecule has 1 saturated heterocycles. The number of anilines is 2. The standard InChI is InChI=1S/C27H22ClF5N6O3S/c28-15-4-3-14(19(30)8-15)13-43(40,41)39-25-20(31)10-22(23(32)24(25)33)42-26-18(2-1-6-35-26)21-5-7-36-27(38-21)37-17-9-16(29)11-34-12-17/h1-8,10,16-17,34,39H,9,11-13H2,(H,36,37,38)/t16-,17?/m0/s1. The van der Waals surface area contributed by atoms with Crippen LogP contribution in [0.15, 0.2) is 54.9 Å². The molecule has 3 heterocycles. The van der Waals surface area contributed by atoms with Crippen LogP contribution in [0.5, 0.6) is 11.6 Å². The summed E-state index contributed by atoms with van der Waals surface area (Å²) in [6.45, 7) is 0.749. The van der Waals surface area contributed by atoms with Crippen LogP contribution in [0.2, 0.25) is 5.02 Å². The minimum Gasteiger partial charge on any atom is -0.435 e. The predicted molar refractivity (Wildman–Crippen MR) is 149 cm³/mol. The van der Waals surface area contributed by atoms with Crippen LogP contribution in [-0.4, -0.2) is 48.7 Å². The van der Waals surface area contributed by atoms with Gasteiger partial charge in [-0.3, -0.25) is 4.72 Å². The number of alkyl halides is 1. The fraction of sp³-hybridized carbons (Fsp3) is 0.222. The number of pyridine rings is 1. The zero-order chi connectivity index (χ0) is 30.7. The smallest absolute Gasteiger partial charge is 0.237 e. The van der Waals surface area contributed by atoms with E-state index < -0.39 is 56.7 Å². The van der Waals surface area contributed by atoms with Crippen molar-refractivity contribution in [1.82, 2.24) is 20.3 Å². The van der Waals surface area contributed by atoms with Crippen molar-refractivity contribution in [2.75, 3.05) is 23.1 Å². The van der Waals surface area contributed by atoms with Crippen molar-refractivity contribution in [1.29, 1.82) is 0 Å². The topological polar surface area (TPSA) is 118 Å². The fourth-order valence-corrected chi connectivity index (χ4v) is 5.68. The molecule has 16 heteroatoms. The van der Waals surface area contributed by atoms with Gasteiger partial charge in [0.25, 0.3) is 0 Å². The lowest BCUT2D eigenvalue weighted by atomic mass is 10.1. The van der Waals surface area contributed by atoms with E-state index in [4.69, 9.17) is 16.3 Å². The van der Waals surface area contributed by atoms with Gasteiger partial charge in [-0.25, -0.2) is 40.9 Å². The van der Waals surface area contributed by atoms with Crippen molar-refractivity contribution in [3.63, 3.8) is 0 Å². The predicted octanol–water partition coefficient (Wildman–Crippen LogP) is 5.59. The molecule has 0 spiro atoms. The average Bonchev–Trinajstić information content (AvgIpc) is 2.96. The summed E-state index contributed by atoms with van der Waals surface area (Å²) >= 11 is 5.66. The van der Waals surface area contributed by atoms with Crippen molar-refractivity contribution in [3.8, 4) is 22.9 Å². The molecule has 0 amide bonds. The van der Waals surface area contributed by atoms with E-state index in [-0.39, 0.29) is 52.7 Å². The van der Waals surface area contributed by atoms with Gasteiger partial charge in [0.2, 0.25) is 27.7 Å². The van der Waals surface area contributed by atoms with Crippen molar-refractivity contribution in [3.05, 3.63) is 88.7 Å². The summed E-state index contributed by atoms with van der Waals surface area (Å²) < 4.78 is 105. The van der Waals surface area contributed by atoms with E-state index in [9.17, 15) is 26.0 Å². The van der Waals surface area contributed by atoms with Crippen molar-refractivity contribution < 1.29 is 35.1 Å². The van der Waals surface area contributed by atoms with Gasteiger partial charge in [-0.1, -0.05) is 17.7 Å². The van der Waals surface area contributed by atoms with Gasteiger partial charge in [0, 0.05) is 54.6 Å². The molecular weight excluding hydrogens is 619 g/mol. The summed E-state index contributed by atoms with van der Waals surface area (Å²) in [5.41, 5.74) is -1.19. The Hall–Kier alpha value is -4.08. The van der Waals surface area contributed by atoms with E-state index in [1.807, 2.05) is 0 Å². The molecule has 1 aliphatic rings. The Labute approximate surface area is 247 Å². The third-order valence-electron chi connectivity index (χ3n) is 6.28. The number of benzene rings is 2. The molecule has 0 radical (unpaired) electrons. The summed E-state index contributed by atoms with van der Waals surface area (Å²) in [4.78, 5) is 12.5. The maximum Gasteiger partial charge on any atom is 0.237 e. The zero-order valence-electron chi connectivity index (χ0n) is 21.9. The molecule has 43 heavy (non-hydrogen) atoms. The van der Waals surface area contributed by atoms with E-state index in [2.05, 4.69) is 25.6 Å². The Bertz CT molecular complexity index is 1770. The second-order valence-electron chi connectivity index (χ2n) is 9.51. The number of piperidine rings is 1. The van der Waals surface area contributed by atoms with Gasteiger partial charge in [-0.05, 0) is 30.3 Å². The quantitative estimate of drug-likeness (QED) is 0.160. The Kier molecular flexibility index (Phi) is 8.94. The Morgan fingerprint density at radius 1 is 1.00 bits per heavy atom. The molecule has 5 rings (SSSR count). The lowest BCUT2D eigenvalue weighted by Gasteiger charge is -2.26. The van der Waals surface area contributed by atoms with E-state index in [0.717, 1.165) is 12.1 Å². The molecule has 2 aromatic carbocycles. The monoisotopic (exact) mass is 640 g/mol. The van der Waals surface area contributed by atoms with Gasteiger partial charge >= 0.3 is 0 Å². The molecule has 3 N–H and O–H groups in total. The van der Waals surface area contributed by atoms with Crippen LogP contribution in [0, 0.1) is 23.3 Å². The van der Waals surface area contributed by atoms with Crippen LogP contribution in [-0.2, 0) is 15.8 Å². The molecule has 226 valence electrons. The number of nitrogens with zero attached hydrogens (tertiary/aromatic N) is 3. The van der Waals surface area contributed by atoms with Crippen LogP contribution in [0.4, 0.5) is 33.6 Å². The van der Waals surface area contributed by atoms with Crippen LogP contribution >= 0.6 is 11.6 Å². The Balaban J connectivity index is 1.38. The van der Waals surface area contributed by atoms with Gasteiger partial charge in [-0.15, -0.1) is 0 Å². The second-order valence-corrected chi connectivity index (χ2v) is 11.7.